The molecule has 0 fully saturated rings. The molecule has 0 aromatic rings. The third-order valence-corrected chi connectivity index (χ3v) is 2.09. The molecule has 0 spiro atoms. The normalized spacial score (nSPS) is 10.7. The van der Waals surface area contributed by atoms with Crippen LogP contribution in [-0.4, -0.2) is 32.5 Å². The Kier molecular flexibility index (Phi) is 5.05. The average Bonchev–Trinajstić information content (AvgIpc) is 2.09. The second kappa shape index (κ2) is 5.52. The first kappa shape index (κ1) is 12.8. The van der Waals surface area contributed by atoms with E-state index in [0.29, 0.717) is 0 Å². The first-order valence-corrected chi connectivity index (χ1v) is 5.37. The molecule has 0 aromatic heterocycles. The maximum atomic E-state index is 10.7. The zero-order valence-corrected chi connectivity index (χ0v) is 8.13. The number of hydrazine groups is 1. The van der Waals surface area contributed by atoms with E-state index in [1.165, 1.54) is 0 Å². The number of rotatable bonds is 4. The molecule has 9 heteroatoms. The summed E-state index contributed by atoms with van der Waals surface area (Å²) >= 11 is 0. The van der Waals surface area contributed by atoms with Crippen LogP contribution in [0.25, 0.3) is 0 Å². The Morgan fingerprint density at radius 2 is 1.79 bits per heavy atom. The van der Waals surface area contributed by atoms with Crippen LogP contribution in [0.3, 0.4) is 0 Å². The molecule has 0 atom stereocenters. The Labute approximate surface area is 81.0 Å². The molecule has 0 rings (SSSR count). The fourth-order valence-corrected chi connectivity index (χ4v) is 1.17. The van der Waals surface area contributed by atoms with Gasteiger partial charge in [0.15, 0.2) is 0 Å². The monoisotopic (exact) mass is 224 g/mol. The van der Waals surface area contributed by atoms with Crippen molar-refractivity contribution >= 4 is 21.8 Å². The number of nitrogens with one attached hydrogen (secondary N) is 2. The molecule has 0 aliphatic carbocycles. The molecule has 0 aliphatic heterocycles. The highest BCUT2D eigenvalue weighted by Crippen LogP contribution is 1.83. The summed E-state index contributed by atoms with van der Waals surface area (Å²) in [5, 5.41) is 6.85. The summed E-state index contributed by atoms with van der Waals surface area (Å²) in [7, 11) is -3.52. The van der Waals surface area contributed by atoms with E-state index in [1.807, 2.05) is 0 Å². The van der Waals surface area contributed by atoms with Crippen LogP contribution in [0.1, 0.15) is 6.42 Å². The fraction of sp³-hybridized carbons (Fsp3) is 0.600. The van der Waals surface area contributed by atoms with Gasteiger partial charge in [0.2, 0.25) is 10.0 Å². The summed E-state index contributed by atoms with van der Waals surface area (Å²) < 4.78 is 20.9. The Hall–Kier alpha value is -1.19. The van der Waals surface area contributed by atoms with Crippen molar-refractivity contribution in [2.75, 3.05) is 12.3 Å². The Morgan fingerprint density at radius 3 is 2.21 bits per heavy atom. The molecule has 0 saturated heterocycles. The lowest BCUT2D eigenvalue weighted by molar-refractivity contribution is -0.139. The van der Waals surface area contributed by atoms with Crippen molar-refractivity contribution in [2.24, 2.45) is 11.0 Å². The lowest BCUT2D eigenvalue weighted by Gasteiger charge is -2.02. The van der Waals surface area contributed by atoms with Crippen LogP contribution in [0.15, 0.2) is 0 Å². The van der Waals surface area contributed by atoms with E-state index in [0.717, 1.165) is 0 Å². The smallest absolute Gasteiger partial charge is 0.323 e. The van der Waals surface area contributed by atoms with Crippen molar-refractivity contribution in [1.82, 2.24) is 10.7 Å². The third kappa shape index (κ3) is 6.34. The van der Waals surface area contributed by atoms with E-state index in [-0.39, 0.29) is 18.7 Å². The molecule has 0 aromatic carbocycles. The van der Waals surface area contributed by atoms with Gasteiger partial charge in [0.1, 0.15) is 0 Å². The molecule has 0 heterocycles. The van der Waals surface area contributed by atoms with Gasteiger partial charge in [-0.05, 0) is 6.42 Å². The number of amides is 2. The number of carbonyl (C=O) groups is 2. The predicted molar refractivity (Wildman–Crippen MR) is 47.9 cm³/mol. The second-order valence-electron chi connectivity index (χ2n) is 2.45. The van der Waals surface area contributed by atoms with Crippen molar-refractivity contribution in [1.29, 1.82) is 0 Å². The molecule has 82 valence electrons. The zero-order valence-electron chi connectivity index (χ0n) is 7.32. The van der Waals surface area contributed by atoms with Crippen molar-refractivity contribution in [2.45, 2.75) is 6.42 Å². The van der Waals surface area contributed by atoms with Gasteiger partial charge in [-0.1, -0.05) is 0 Å². The fourth-order valence-electron chi connectivity index (χ4n) is 0.621. The minimum atomic E-state index is -3.52. The van der Waals surface area contributed by atoms with E-state index in [2.05, 4.69) is 11.2 Å². The van der Waals surface area contributed by atoms with E-state index in [4.69, 9.17) is 5.14 Å². The van der Waals surface area contributed by atoms with Crippen LogP contribution < -0.4 is 21.7 Å². The number of hydrogen-bond donors (Lipinski definition) is 4. The van der Waals surface area contributed by atoms with Gasteiger partial charge in [-0.2, -0.15) is 0 Å². The highest BCUT2D eigenvalue weighted by Gasteiger charge is 2.10. The summed E-state index contributed by atoms with van der Waals surface area (Å²) in [6.07, 6.45) is 0.141. The molecule has 2 amide bonds. The molecule has 0 unspecified atom stereocenters. The number of nitrogens with two attached hydrogens (primary N) is 2. The van der Waals surface area contributed by atoms with Gasteiger partial charge in [0, 0.05) is 6.54 Å². The van der Waals surface area contributed by atoms with E-state index < -0.39 is 21.8 Å². The van der Waals surface area contributed by atoms with Crippen molar-refractivity contribution < 1.29 is 18.0 Å². The van der Waals surface area contributed by atoms with Crippen LogP contribution in [-0.2, 0) is 19.6 Å². The number of primary sulfonamides is 1. The van der Waals surface area contributed by atoms with Gasteiger partial charge < -0.3 is 5.32 Å². The largest absolute Gasteiger partial charge is 0.348 e. The van der Waals surface area contributed by atoms with Gasteiger partial charge in [-0.3, -0.25) is 15.0 Å². The quantitative estimate of drug-likeness (QED) is 0.130. The number of sulfonamides is 1. The van der Waals surface area contributed by atoms with Crippen LogP contribution >= 0.6 is 0 Å². The summed E-state index contributed by atoms with van der Waals surface area (Å²) in [5.41, 5.74) is 1.63. The maximum Gasteiger partial charge on any atom is 0.323 e. The van der Waals surface area contributed by atoms with E-state index in [1.54, 1.807) is 5.43 Å². The van der Waals surface area contributed by atoms with Gasteiger partial charge >= 0.3 is 11.8 Å². The van der Waals surface area contributed by atoms with Crippen LogP contribution in [0.5, 0.6) is 0 Å². The molecular weight excluding hydrogens is 212 g/mol. The molecular formula is C5H12N4O4S. The highest BCUT2D eigenvalue weighted by atomic mass is 32.2. The maximum absolute atomic E-state index is 10.7. The Bertz CT molecular complexity index is 312. The lowest BCUT2D eigenvalue weighted by atomic mass is 10.4. The van der Waals surface area contributed by atoms with Gasteiger partial charge in [-0.15, -0.1) is 0 Å². The van der Waals surface area contributed by atoms with Crippen LogP contribution in [0, 0.1) is 0 Å². The van der Waals surface area contributed by atoms with Crippen molar-refractivity contribution in [3.8, 4) is 0 Å². The number of carbonyl (C=O) groups excluding carboxylic acids is 2. The predicted octanol–water partition coefficient (Wildman–Crippen LogP) is -3.23. The molecule has 0 saturated carbocycles. The Morgan fingerprint density at radius 1 is 1.21 bits per heavy atom. The van der Waals surface area contributed by atoms with Gasteiger partial charge in [-0.25, -0.2) is 19.4 Å². The van der Waals surface area contributed by atoms with Crippen LogP contribution in [0.4, 0.5) is 0 Å². The SMILES string of the molecule is NNC(=O)C(=O)NCCCS(N)(=O)=O. The summed E-state index contributed by atoms with van der Waals surface area (Å²) in [5.74, 6) is 2.52. The topological polar surface area (TPSA) is 144 Å². The first-order chi connectivity index (χ1) is 6.37. The van der Waals surface area contributed by atoms with E-state index >= 15 is 0 Å². The Balaban J connectivity index is 3.66. The zero-order chi connectivity index (χ0) is 11.2. The lowest BCUT2D eigenvalue weighted by Crippen LogP contribution is -2.43. The number of hydrogen-bond acceptors (Lipinski definition) is 5. The minimum absolute atomic E-state index is 0.0443. The minimum Gasteiger partial charge on any atom is -0.348 e. The van der Waals surface area contributed by atoms with Crippen LogP contribution in [0.2, 0.25) is 0 Å². The van der Waals surface area contributed by atoms with Gasteiger partial charge in [0.25, 0.3) is 0 Å². The summed E-state index contributed by atoms with van der Waals surface area (Å²) in [4.78, 5) is 21.2. The highest BCUT2D eigenvalue weighted by molar-refractivity contribution is 7.89. The first-order valence-electron chi connectivity index (χ1n) is 3.66. The van der Waals surface area contributed by atoms with Crippen molar-refractivity contribution in [3.63, 3.8) is 0 Å². The average molecular weight is 224 g/mol. The molecule has 6 N–H and O–H groups in total. The van der Waals surface area contributed by atoms with Crippen molar-refractivity contribution in [3.05, 3.63) is 0 Å². The second-order valence-corrected chi connectivity index (χ2v) is 4.18. The van der Waals surface area contributed by atoms with Gasteiger partial charge in [0.05, 0.1) is 5.75 Å². The summed E-state index contributed by atoms with van der Waals surface area (Å²) in [6, 6.07) is 0. The third-order valence-electron chi connectivity index (χ3n) is 1.23. The standard InChI is InChI=1S/C5H12N4O4S/c6-9-5(11)4(10)8-2-1-3-14(7,12)13/h1-3,6H2,(H,8,10)(H,9,11)(H2,7,12,13). The molecule has 0 aliphatic rings. The molecule has 0 radical (unpaired) electrons. The molecule has 0 bridgehead atoms. The molecule has 14 heavy (non-hydrogen) atoms. The summed E-state index contributed by atoms with van der Waals surface area (Å²) in [6.45, 7) is 0.0443. The van der Waals surface area contributed by atoms with E-state index in [9.17, 15) is 18.0 Å². The molecule has 8 nitrogen and oxygen atoms in total.